The lowest BCUT2D eigenvalue weighted by molar-refractivity contribution is 0.326. The average molecular weight is 545 g/mol. The van der Waals surface area contributed by atoms with Crippen LogP contribution in [0.5, 0.6) is 17.2 Å². The summed E-state index contributed by atoms with van der Waals surface area (Å²) < 4.78 is 44.8. The molecule has 2 atom stereocenters. The zero-order valence-electron chi connectivity index (χ0n) is 21.3. The van der Waals surface area contributed by atoms with E-state index in [2.05, 4.69) is 27.8 Å². The molecule has 1 heterocycles. The van der Waals surface area contributed by atoms with E-state index in [9.17, 15) is 8.42 Å². The molecule has 0 unspecified atom stereocenters. The van der Waals surface area contributed by atoms with Gasteiger partial charge in [-0.1, -0.05) is 35.9 Å². The Kier molecular flexibility index (Phi) is 8.97. The van der Waals surface area contributed by atoms with Gasteiger partial charge in [-0.3, -0.25) is 0 Å². The third-order valence-electron chi connectivity index (χ3n) is 6.87. The van der Waals surface area contributed by atoms with Crippen LogP contribution in [-0.2, 0) is 16.4 Å². The molecule has 3 aromatic carbocycles. The van der Waals surface area contributed by atoms with Gasteiger partial charge in [0.1, 0.15) is 5.75 Å². The van der Waals surface area contributed by atoms with Gasteiger partial charge in [0.2, 0.25) is 10.0 Å². The number of likely N-dealkylation sites (tertiary alicyclic amines) is 1. The number of hydrogen-bond donors (Lipinski definition) is 1. The maximum Gasteiger partial charge on any atom is 0.240 e. The number of nitrogens with one attached hydrogen (secondary N) is 1. The minimum atomic E-state index is -3.67. The molecule has 9 heteroatoms. The summed E-state index contributed by atoms with van der Waals surface area (Å²) in [5.41, 5.74) is 2.32. The van der Waals surface area contributed by atoms with Crippen molar-refractivity contribution in [1.82, 2.24) is 9.62 Å². The summed E-state index contributed by atoms with van der Waals surface area (Å²) in [6, 6.07) is 20.3. The zero-order valence-corrected chi connectivity index (χ0v) is 22.9. The number of rotatable bonds is 11. The van der Waals surface area contributed by atoms with Crippen LogP contribution in [0, 0.1) is 5.92 Å². The summed E-state index contributed by atoms with van der Waals surface area (Å²) in [6.45, 7) is 2.79. The summed E-state index contributed by atoms with van der Waals surface area (Å²) in [5.74, 6) is 2.50. The molecule has 0 saturated carbocycles. The van der Waals surface area contributed by atoms with Crippen LogP contribution in [0.1, 0.15) is 17.0 Å². The topological polar surface area (TPSA) is 77.1 Å². The van der Waals surface area contributed by atoms with Crippen molar-refractivity contribution < 1.29 is 22.6 Å². The Hall–Kier alpha value is -2.78. The van der Waals surface area contributed by atoms with Crippen LogP contribution in [0.2, 0.25) is 5.02 Å². The Labute approximate surface area is 224 Å². The number of benzene rings is 3. The maximum atomic E-state index is 13.0. The fourth-order valence-corrected chi connectivity index (χ4v) is 6.23. The molecule has 1 fully saturated rings. The molecule has 1 N–H and O–H groups in total. The smallest absolute Gasteiger partial charge is 0.240 e. The maximum absolute atomic E-state index is 13.0. The highest BCUT2D eigenvalue weighted by Gasteiger charge is 2.34. The molecule has 0 aliphatic carbocycles. The van der Waals surface area contributed by atoms with Gasteiger partial charge in [0.15, 0.2) is 11.5 Å². The quantitative estimate of drug-likeness (QED) is 0.380. The van der Waals surface area contributed by atoms with E-state index in [0.717, 1.165) is 37.4 Å². The molecule has 7 nitrogen and oxygen atoms in total. The number of methoxy groups -OCH3 is 3. The Morgan fingerprint density at radius 1 is 0.919 bits per heavy atom. The monoisotopic (exact) mass is 544 g/mol. The Morgan fingerprint density at radius 2 is 1.68 bits per heavy atom. The first-order chi connectivity index (χ1) is 17.8. The number of ether oxygens (including phenoxy) is 3. The van der Waals surface area contributed by atoms with Crippen LogP contribution in [0.3, 0.4) is 0 Å². The first kappa shape index (κ1) is 27.3. The molecule has 0 aromatic heterocycles. The largest absolute Gasteiger partial charge is 0.497 e. The fraction of sp³-hybridized carbons (Fsp3) is 0.357. The van der Waals surface area contributed by atoms with E-state index in [4.69, 9.17) is 25.8 Å². The Morgan fingerprint density at radius 3 is 2.35 bits per heavy atom. The van der Waals surface area contributed by atoms with Crippen molar-refractivity contribution in [2.45, 2.75) is 17.2 Å². The van der Waals surface area contributed by atoms with Crippen molar-refractivity contribution in [2.24, 2.45) is 5.92 Å². The highest BCUT2D eigenvalue weighted by Crippen LogP contribution is 2.34. The lowest BCUT2D eigenvalue weighted by Gasteiger charge is -2.20. The molecule has 1 aliphatic rings. The second kappa shape index (κ2) is 12.2. The molecule has 1 aliphatic heterocycles. The van der Waals surface area contributed by atoms with Gasteiger partial charge in [0.25, 0.3) is 0 Å². The molecule has 3 aromatic rings. The molecular formula is C28H33ClN2O5S. The van der Waals surface area contributed by atoms with Gasteiger partial charge in [-0.05, 0) is 65.9 Å². The van der Waals surface area contributed by atoms with Crippen LogP contribution >= 0.6 is 11.6 Å². The Bertz CT molecular complexity index is 1300. The van der Waals surface area contributed by atoms with Gasteiger partial charge in [-0.15, -0.1) is 0 Å². The second-order valence-corrected chi connectivity index (χ2v) is 11.4. The number of halogens is 1. The lowest BCUT2D eigenvalue weighted by atomic mass is 9.89. The molecule has 1 saturated heterocycles. The van der Waals surface area contributed by atoms with Gasteiger partial charge in [-0.2, -0.15) is 0 Å². The van der Waals surface area contributed by atoms with Crippen molar-refractivity contribution in [3.63, 3.8) is 0 Å². The summed E-state index contributed by atoms with van der Waals surface area (Å²) in [7, 11) is 1.24. The normalized spacial score (nSPS) is 18.1. The highest BCUT2D eigenvalue weighted by atomic mass is 35.5. The molecular weight excluding hydrogens is 512 g/mol. The van der Waals surface area contributed by atoms with Crippen molar-refractivity contribution in [3.05, 3.63) is 82.9 Å². The molecule has 0 bridgehead atoms. The van der Waals surface area contributed by atoms with E-state index in [-0.39, 0.29) is 16.7 Å². The van der Waals surface area contributed by atoms with Gasteiger partial charge < -0.3 is 19.1 Å². The molecule has 0 radical (unpaired) electrons. The number of sulfonamides is 1. The number of nitrogens with zero attached hydrogens (tertiary/aromatic N) is 1. The Balaban J connectivity index is 1.48. The number of hydrogen-bond acceptors (Lipinski definition) is 6. The SMILES string of the molecule is COc1ccc([C@H]2CN(CCc3ccc(OC)c(OC)c3)C[C@@H]2CNS(=O)(=O)c2cccc(Cl)c2)cc1. The van der Waals surface area contributed by atoms with E-state index < -0.39 is 10.0 Å². The van der Waals surface area contributed by atoms with Gasteiger partial charge in [-0.25, -0.2) is 13.1 Å². The third kappa shape index (κ3) is 6.76. The van der Waals surface area contributed by atoms with Crippen molar-refractivity contribution in [1.29, 1.82) is 0 Å². The first-order valence-corrected chi connectivity index (χ1v) is 14.0. The van der Waals surface area contributed by atoms with Crippen LogP contribution in [0.25, 0.3) is 0 Å². The standard InChI is InChI=1S/C28H33ClN2O5S/c1-34-24-10-8-21(9-11-24)26-19-31(14-13-20-7-12-27(35-2)28(15-20)36-3)18-22(26)17-30-37(32,33)25-6-4-5-23(29)16-25/h4-12,15-16,22,26,30H,13-14,17-19H2,1-3H3/t22-,26+/m0/s1. The lowest BCUT2D eigenvalue weighted by Crippen LogP contribution is -2.32. The fourth-order valence-electron chi connectivity index (χ4n) is 4.84. The molecule has 0 amide bonds. The van der Waals surface area contributed by atoms with Crippen molar-refractivity contribution in [2.75, 3.05) is 47.5 Å². The molecule has 4 rings (SSSR count). The predicted molar refractivity (Wildman–Crippen MR) is 146 cm³/mol. The molecule has 0 spiro atoms. The average Bonchev–Trinajstić information content (AvgIpc) is 3.33. The van der Waals surface area contributed by atoms with Crippen LogP contribution < -0.4 is 18.9 Å². The van der Waals surface area contributed by atoms with Gasteiger partial charge in [0.05, 0.1) is 26.2 Å². The summed E-state index contributed by atoms with van der Waals surface area (Å²) in [4.78, 5) is 2.56. The minimum absolute atomic E-state index is 0.104. The summed E-state index contributed by atoms with van der Waals surface area (Å²) >= 11 is 6.02. The summed E-state index contributed by atoms with van der Waals surface area (Å²) in [6.07, 6.45) is 0.844. The van der Waals surface area contributed by atoms with E-state index in [1.54, 1.807) is 39.5 Å². The van der Waals surface area contributed by atoms with Gasteiger partial charge >= 0.3 is 0 Å². The second-order valence-electron chi connectivity index (χ2n) is 9.15. The van der Waals surface area contributed by atoms with Crippen molar-refractivity contribution >= 4 is 21.6 Å². The van der Waals surface area contributed by atoms with Gasteiger partial charge in [0, 0.05) is 37.1 Å². The van der Waals surface area contributed by atoms with E-state index in [1.807, 2.05) is 24.3 Å². The first-order valence-electron chi connectivity index (χ1n) is 12.2. The van der Waals surface area contributed by atoms with Crippen LogP contribution in [0.15, 0.2) is 71.6 Å². The van der Waals surface area contributed by atoms with E-state index in [1.165, 1.54) is 11.6 Å². The predicted octanol–water partition coefficient (Wildman–Crippen LogP) is 4.60. The zero-order chi connectivity index (χ0) is 26.4. The van der Waals surface area contributed by atoms with Crippen LogP contribution in [0.4, 0.5) is 0 Å². The minimum Gasteiger partial charge on any atom is -0.497 e. The highest BCUT2D eigenvalue weighted by molar-refractivity contribution is 7.89. The van der Waals surface area contributed by atoms with E-state index in [0.29, 0.717) is 23.1 Å². The van der Waals surface area contributed by atoms with Crippen molar-refractivity contribution in [3.8, 4) is 17.2 Å². The summed E-state index contributed by atoms with van der Waals surface area (Å²) in [5, 5.41) is 0.390. The molecule has 198 valence electrons. The third-order valence-corrected chi connectivity index (χ3v) is 8.52. The van der Waals surface area contributed by atoms with E-state index >= 15 is 0 Å². The van der Waals surface area contributed by atoms with Crippen LogP contribution in [-0.4, -0.2) is 60.8 Å². The molecule has 37 heavy (non-hydrogen) atoms.